The standard InChI is InChI=1S/C18H20N6O/c1-13(14-7-4-5-8-16(14)24-10-6-9-20-24)21-17-12-19-11-15(22-17)18(25)23(2)3/h4-13H,1-3H3,(H,21,22). The summed E-state index contributed by atoms with van der Waals surface area (Å²) in [7, 11) is 3.38. The molecule has 1 aromatic carbocycles. The summed E-state index contributed by atoms with van der Waals surface area (Å²) in [4.78, 5) is 22.0. The predicted molar refractivity (Wildman–Crippen MR) is 95.7 cm³/mol. The highest BCUT2D eigenvalue weighted by Gasteiger charge is 2.15. The number of para-hydroxylation sites is 1. The van der Waals surface area contributed by atoms with Gasteiger partial charge in [0.1, 0.15) is 11.5 Å². The van der Waals surface area contributed by atoms with Crippen LogP contribution in [0, 0.1) is 0 Å². The van der Waals surface area contributed by atoms with Crippen molar-refractivity contribution in [3.05, 3.63) is 66.4 Å². The van der Waals surface area contributed by atoms with E-state index in [9.17, 15) is 4.79 Å². The zero-order chi connectivity index (χ0) is 17.8. The van der Waals surface area contributed by atoms with E-state index in [1.54, 1.807) is 26.5 Å². The quantitative estimate of drug-likeness (QED) is 0.775. The van der Waals surface area contributed by atoms with E-state index in [4.69, 9.17) is 0 Å². The van der Waals surface area contributed by atoms with E-state index < -0.39 is 0 Å². The molecule has 0 aliphatic carbocycles. The first-order chi connectivity index (χ1) is 12.1. The summed E-state index contributed by atoms with van der Waals surface area (Å²) in [6.45, 7) is 2.03. The summed E-state index contributed by atoms with van der Waals surface area (Å²) < 4.78 is 1.82. The number of aromatic nitrogens is 4. The van der Waals surface area contributed by atoms with E-state index in [1.165, 1.54) is 11.1 Å². The Bertz CT molecular complexity index is 860. The number of hydrogen-bond donors (Lipinski definition) is 1. The van der Waals surface area contributed by atoms with Crippen molar-refractivity contribution in [3.8, 4) is 5.69 Å². The molecule has 3 rings (SSSR count). The van der Waals surface area contributed by atoms with Crippen LogP contribution in [0.1, 0.15) is 29.0 Å². The van der Waals surface area contributed by atoms with Gasteiger partial charge in [0.15, 0.2) is 0 Å². The number of anilines is 1. The Morgan fingerprint density at radius 1 is 1.20 bits per heavy atom. The fourth-order valence-electron chi connectivity index (χ4n) is 2.54. The Labute approximate surface area is 146 Å². The number of amides is 1. The van der Waals surface area contributed by atoms with Crippen molar-refractivity contribution in [2.24, 2.45) is 0 Å². The molecule has 128 valence electrons. The fraction of sp³-hybridized carbons (Fsp3) is 0.222. The highest BCUT2D eigenvalue weighted by Crippen LogP contribution is 2.23. The molecule has 2 heterocycles. The van der Waals surface area contributed by atoms with Crippen LogP contribution in [-0.2, 0) is 0 Å². The SMILES string of the molecule is CC(Nc1cncc(C(=O)N(C)C)n1)c1ccccc1-n1cccn1. The van der Waals surface area contributed by atoms with Crippen molar-refractivity contribution in [2.45, 2.75) is 13.0 Å². The monoisotopic (exact) mass is 336 g/mol. The topological polar surface area (TPSA) is 75.9 Å². The number of nitrogens with one attached hydrogen (secondary N) is 1. The molecule has 0 bridgehead atoms. The van der Waals surface area contributed by atoms with Crippen molar-refractivity contribution in [3.63, 3.8) is 0 Å². The second-order valence-corrected chi connectivity index (χ2v) is 5.86. The first kappa shape index (κ1) is 16.6. The normalized spacial score (nSPS) is 11.8. The number of carbonyl (C=O) groups is 1. The third kappa shape index (κ3) is 3.65. The summed E-state index contributed by atoms with van der Waals surface area (Å²) in [6, 6.07) is 9.85. The van der Waals surface area contributed by atoms with Crippen LogP contribution in [0.4, 0.5) is 5.82 Å². The van der Waals surface area contributed by atoms with Gasteiger partial charge in [-0.1, -0.05) is 18.2 Å². The van der Waals surface area contributed by atoms with Gasteiger partial charge in [-0.05, 0) is 24.6 Å². The maximum atomic E-state index is 12.0. The van der Waals surface area contributed by atoms with E-state index in [0.29, 0.717) is 11.5 Å². The van der Waals surface area contributed by atoms with Gasteiger partial charge >= 0.3 is 0 Å². The van der Waals surface area contributed by atoms with Crippen LogP contribution in [0.3, 0.4) is 0 Å². The van der Waals surface area contributed by atoms with Gasteiger partial charge in [0.2, 0.25) is 0 Å². The Hall–Kier alpha value is -3.22. The largest absolute Gasteiger partial charge is 0.362 e. The van der Waals surface area contributed by atoms with Crippen molar-refractivity contribution in [2.75, 3.05) is 19.4 Å². The van der Waals surface area contributed by atoms with E-state index >= 15 is 0 Å². The molecule has 1 unspecified atom stereocenters. The van der Waals surface area contributed by atoms with Crippen molar-refractivity contribution >= 4 is 11.7 Å². The third-order valence-electron chi connectivity index (χ3n) is 3.78. The van der Waals surface area contributed by atoms with E-state index in [2.05, 4.69) is 20.4 Å². The molecular formula is C18H20N6O. The van der Waals surface area contributed by atoms with Gasteiger partial charge in [-0.15, -0.1) is 0 Å². The minimum absolute atomic E-state index is 0.0422. The highest BCUT2D eigenvalue weighted by atomic mass is 16.2. The molecule has 2 aromatic heterocycles. The summed E-state index contributed by atoms with van der Waals surface area (Å²) >= 11 is 0. The molecule has 0 saturated carbocycles. The lowest BCUT2D eigenvalue weighted by Gasteiger charge is -2.19. The number of nitrogens with zero attached hydrogens (tertiary/aromatic N) is 5. The average Bonchev–Trinajstić information content (AvgIpc) is 3.15. The van der Waals surface area contributed by atoms with Gasteiger partial charge in [0.05, 0.1) is 24.1 Å². The summed E-state index contributed by atoms with van der Waals surface area (Å²) in [6.07, 6.45) is 6.73. The lowest BCUT2D eigenvalue weighted by molar-refractivity contribution is 0.0821. The molecule has 1 N–H and O–H groups in total. The highest BCUT2D eigenvalue weighted by molar-refractivity contribution is 5.91. The van der Waals surface area contributed by atoms with Gasteiger partial charge in [-0.25, -0.2) is 9.67 Å². The van der Waals surface area contributed by atoms with Crippen molar-refractivity contribution in [1.82, 2.24) is 24.6 Å². The number of carbonyl (C=O) groups excluding carboxylic acids is 1. The number of rotatable bonds is 5. The first-order valence-corrected chi connectivity index (χ1v) is 7.95. The van der Waals surface area contributed by atoms with Gasteiger partial charge < -0.3 is 10.2 Å². The molecule has 25 heavy (non-hydrogen) atoms. The molecule has 3 aromatic rings. The molecule has 0 spiro atoms. The maximum Gasteiger partial charge on any atom is 0.273 e. The van der Waals surface area contributed by atoms with Gasteiger partial charge in [-0.2, -0.15) is 5.10 Å². The number of hydrogen-bond acceptors (Lipinski definition) is 5. The Morgan fingerprint density at radius 3 is 2.72 bits per heavy atom. The zero-order valence-electron chi connectivity index (χ0n) is 14.4. The molecule has 0 aliphatic heterocycles. The summed E-state index contributed by atoms with van der Waals surface area (Å²) in [5.41, 5.74) is 2.36. The van der Waals surface area contributed by atoms with Crippen LogP contribution >= 0.6 is 0 Å². The molecule has 7 heteroatoms. The first-order valence-electron chi connectivity index (χ1n) is 7.95. The third-order valence-corrected chi connectivity index (χ3v) is 3.78. The Morgan fingerprint density at radius 2 is 2.00 bits per heavy atom. The van der Waals surface area contributed by atoms with E-state index in [-0.39, 0.29) is 11.9 Å². The van der Waals surface area contributed by atoms with Crippen molar-refractivity contribution in [1.29, 1.82) is 0 Å². The lowest BCUT2D eigenvalue weighted by Crippen LogP contribution is -2.23. The average molecular weight is 336 g/mol. The summed E-state index contributed by atoms with van der Waals surface area (Å²) in [5, 5.41) is 7.61. The molecule has 0 saturated heterocycles. The van der Waals surface area contributed by atoms with E-state index in [0.717, 1.165) is 11.3 Å². The smallest absolute Gasteiger partial charge is 0.273 e. The maximum absolute atomic E-state index is 12.0. The minimum atomic E-state index is -0.180. The Balaban J connectivity index is 1.85. The summed E-state index contributed by atoms with van der Waals surface area (Å²) in [5.74, 6) is 0.371. The van der Waals surface area contributed by atoms with Gasteiger partial charge in [0.25, 0.3) is 5.91 Å². The van der Waals surface area contributed by atoms with Crippen LogP contribution in [0.2, 0.25) is 0 Å². The second kappa shape index (κ2) is 7.12. The second-order valence-electron chi connectivity index (χ2n) is 5.86. The van der Waals surface area contributed by atoms with Crippen LogP contribution in [0.15, 0.2) is 55.1 Å². The predicted octanol–water partition coefficient (Wildman–Crippen LogP) is 2.54. The minimum Gasteiger partial charge on any atom is -0.362 e. The molecule has 0 aliphatic rings. The van der Waals surface area contributed by atoms with Gasteiger partial charge in [0, 0.05) is 26.5 Å². The number of benzene rings is 1. The van der Waals surface area contributed by atoms with Crippen LogP contribution in [-0.4, -0.2) is 44.7 Å². The zero-order valence-corrected chi connectivity index (χ0v) is 14.4. The Kier molecular flexibility index (Phi) is 4.74. The molecule has 0 radical (unpaired) electrons. The van der Waals surface area contributed by atoms with Gasteiger partial charge in [-0.3, -0.25) is 9.78 Å². The van der Waals surface area contributed by atoms with Crippen LogP contribution < -0.4 is 5.32 Å². The molecule has 1 amide bonds. The lowest BCUT2D eigenvalue weighted by atomic mass is 10.1. The fourth-order valence-corrected chi connectivity index (χ4v) is 2.54. The molecule has 0 fully saturated rings. The molecule has 1 atom stereocenters. The molecular weight excluding hydrogens is 316 g/mol. The van der Waals surface area contributed by atoms with Crippen LogP contribution in [0.5, 0.6) is 0 Å². The van der Waals surface area contributed by atoms with Crippen molar-refractivity contribution < 1.29 is 4.79 Å². The molecule has 7 nitrogen and oxygen atoms in total. The van der Waals surface area contributed by atoms with Crippen LogP contribution in [0.25, 0.3) is 5.69 Å². The van der Waals surface area contributed by atoms with E-state index in [1.807, 2.05) is 48.1 Å².